The van der Waals surface area contributed by atoms with Crippen LogP contribution >= 0.6 is 0 Å². The van der Waals surface area contributed by atoms with Crippen LogP contribution in [0.3, 0.4) is 0 Å². The van der Waals surface area contributed by atoms with E-state index in [1.165, 1.54) is 27.6 Å². The second kappa shape index (κ2) is 22.2. The molecular weight excluding hydrogens is 1190 g/mol. The Morgan fingerprint density at radius 2 is 0.500 bits per heavy atom. The minimum absolute atomic E-state index is 0.143. The predicted molar refractivity (Wildman–Crippen MR) is 412 cm³/mol. The van der Waals surface area contributed by atoms with Crippen LogP contribution in [0.1, 0.15) is 105 Å². The molecule has 0 fully saturated rings. The topological polar surface area (TPSA) is 71.3 Å². The van der Waals surface area contributed by atoms with Crippen LogP contribution in [-0.4, -0.2) is 38.2 Å². The predicted octanol–water partition coefficient (Wildman–Crippen LogP) is 23.5. The largest absolute Gasteiger partial charge is 0.308 e. The van der Waals surface area contributed by atoms with Gasteiger partial charge in [0.05, 0.1) is 72.4 Å². The average molecular weight is 1270 g/mol. The zero-order chi connectivity index (χ0) is 67.3. The molecule has 17 aromatic rings. The lowest BCUT2D eigenvalue weighted by Crippen LogP contribution is -2.17. The summed E-state index contributed by atoms with van der Waals surface area (Å²) < 4.78 is 10.4. The SMILES string of the molecule is CC(C)(C)c1ccc2c(c1)c1ccccc1n2-c1c(-c2ccncc2)c(-n2c3ccccc3c3cc(C(C)(C)C)ccc32)c(-n2c3ccccc3c3cc(C(C)(C)C)ccc32)c(-n2c3ccccc3c3cc(C(C)(C)C)ccc32)c1-c1nc(-c2ccccc2)nc(-c2ccccc2)n1. The van der Waals surface area contributed by atoms with Gasteiger partial charge < -0.3 is 18.3 Å². The fourth-order valence-corrected chi connectivity index (χ4v) is 15.2. The van der Waals surface area contributed by atoms with E-state index in [1.807, 2.05) is 12.4 Å². The van der Waals surface area contributed by atoms with Crippen molar-refractivity contribution in [3.63, 3.8) is 0 Å². The standard InChI is InChI=1S/C90H78N8/c1-87(2,3)58-39-43-74-66(51-58)62-31-19-23-35-70(62)95(74)80-78(55-47-49-91-50-48-55)81(96-71-36-24-20-32-63(71)67-52-59(88(4,5)6)40-44-75(67)96)83(98-73-38-26-22-34-65(73)69-54-61(90(10,11)12)42-46-77(69)98)82(97-72-37-25-21-33-64(72)68-53-60(89(7,8)9)41-45-76(68)97)79(80)86-93-84(56-27-15-13-16-28-56)92-85(94-86)57-29-17-14-18-30-57/h13-54H,1-12H3. The Morgan fingerprint density at radius 3 is 0.837 bits per heavy atom. The maximum atomic E-state index is 6.02. The maximum absolute atomic E-state index is 6.02. The number of aromatic nitrogens is 8. The molecule has 0 amide bonds. The summed E-state index contributed by atoms with van der Waals surface area (Å²) >= 11 is 0. The smallest absolute Gasteiger partial charge is 0.168 e. The van der Waals surface area contributed by atoms with Gasteiger partial charge in [-0.25, -0.2) is 15.0 Å². The Hall–Kier alpha value is -11.2. The van der Waals surface area contributed by atoms with Crippen LogP contribution < -0.4 is 0 Å². The second-order valence-corrected chi connectivity index (χ2v) is 30.8. The summed E-state index contributed by atoms with van der Waals surface area (Å²) in [7, 11) is 0. The minimum atomic E-state index is -0.158. The third kappa shape index (κ3) is 9.61. The average Bonchev–Trinajstić information content (AvgIpc) is 1.43. The molecule has 0 spiro atoms. The molecule has 478 valence electrons. The van der Waals surface area contributed by atoms with Gasteiger partial charge in [-0.2, -0.15) is 0 Å². The lowest BCUT2D eigenvalue weighted by Gasteiger charge is -2.31. The molecular formula is C90H78N8. The van der Waals surface area contributed by atoms with Crippen molar-refractivity contribution in [2.45, 2.75) is 105 Å². The number of rotatable bonds is 8. The van der Waals surface area contributed by atoms with Gasteiger partial charge >= 0.3 is 0 Å². The lowest BCUT2D eigenvalue weighted by molar-refractivity contribution is 0.591. The van der Waals surface area contributed by atoms with Gasteiger partial charge in [-0.3, -0.25) is 4.98 Å². The molecule has 17 rings (SSSR count). The first kappa shape index (κ1) is 60.4. The molecule has 8 nitrogen and oxygen atoms in total. The summed E-state index contributed by atoms with van der Waals surface area (Å²) in [5, 5.41) is 9.18. The summed E-state index contributed by atoms with van der Waals surface area (Å²) in [5.74, 6) is 1.62. The monoisotopic (exact) mass is 1270 g/mol. The van der Waals surface area contributed by atoms with E-state index in [1.54, 1.807) is 0 Å². The highest BCUT2D eigenvalue weighted by Crippen LogP contribution is 2.55. The van der Waals surface area contributed by atoms with Crippen LogP contribution in [0.4, 0.5) is 0 Å². The number of nitrogens with zero attached hydrogens (tertiary/aromatic N) is 8. The van der Waals surface area contributed by atoms with Crippen molar-refractivity contribution < 1.29 is 0 Å². The van der Waals surface area contributed by atoms with Crippen molar-refractivity contribution in [3.8, 4) is 68.0 Å². The first-order valence-corrected chi connectivity index (χ1v) is 34.4. The van der Waals surface area contributed by atoms with Crippen LogP contribution in [0.15, 0.2) is 255 Å². The van der Waals surface area contributed by atoms with Crippen LogP contribution in [0, 0.1) is 0 Å². The zero-order valence-corrected chi connectivity index (χ0v) is 57.8. The number of fused-ring (bicyclic) bond motifs is 12. The highest BCUT2D eigenvalue weighted by atomic mass is 15.1. The van der Waals surface area contributed by atoms with E-state index in [2.05, 4.69) is 344 Å². The van der Waals surface area contributed by atoms with E-state index in [-0.39, 0.29) is 21.7 Å². The van der Waals surface area contributed by atoms with E-state index < -0.39 is 0 Å². The molecule has 0 N–H and O–H groups in total. The molecule has 0 saturated carbocycles. The third-order valence-corrected chi connectivity index (χ3v) is 20.3. The van der Waals surface area contributed by atoms with Crippen molar-refractivity contribution in [1.29, 1.82) is 0 Å². The molecule has 0 aliphatic carbocycles. The maximum Gasteiger partial charge on any atom is 0.168 e. The molecule has 11 aromatic carbocycles. The van der Waals surface area contributed by atoms with Crippen molar-refractivity contribution in [3.05, 3.63) is 277 Å². The summed E-state index contributed by atoms with van der Waals surface area (Å²) in [5.41, 5.74) is 21.0. The van der Waals surface area contributed by atoms with Crippen molar-refractivity contribution >= 4 is 87.2 Å². The molecule has 0 saturated heterocycles. The molecule has 0 bridgehead atoms. The fraction of sp³-hybridized carbons (Fsp3) is 0.178. The second-order valence-electron chi connectivity index (χ2n) is 30.8. The molecule has 0 radical (unpaired) electrons. The van der Waals surface area contributed by atoms with Gasteiger partial charge in [0.1, 0.15) is 0 Å². The van der Waals surface area contributed by atoms with E-state index >= 15 is 0 Å². The van der Waals surface area contributed by atoms with E-state index in [9.17, 15) is 0 Å². The van der Waals surface area contributed by atoms with Crippen molar-refractivity contribution in [1.82, 2.24) is 38.2 Å². The summed E-state index contributed by atoms with van der Waals surface area (Å²) in [4.78, 5) is 22.4. The number of benzene rings is 11. The van der Waals surface area contributed by atoms with E-state index in [0.29, 0.717) is 17.5 Å². The summed E-state index contributed by atoms with van der Waals surface area (Å²) in [6.07, 6.45) is 3.91. The zero-order valence-electron chi connectivity index (χ0n) is 57.8. The number of hydrogen-bond acceptors (Lipinski definition) is 4. The van der Waals surface area contributed by atoms with E-state index in [0.717, 1.165) is 132 Å². The third-order valence-electron chi connectivity index (χ3n) is 20.3. The number of hydrogen-bond donors (Lipinski definition) is 0. The fourth-order valence-electron chi connectivity index (χ4n) is 15.2. The van der Waals surface area contributed by atoms with Crippen LogP contribution in [0.25, 0.3) is 155 Å². The van der Waals surface area contributed by atoms with Crippen LogP contribution in [0.5, 0.6) is 0 Å². The molecule has 0 aliphatic rings. The van der Waals surface area contributed by atoms with Gasteiger partial charge in [-0.1, -0.05) is 241 Å². The normalized spacial score (nSPS) is 12.7. The molecule has 0 unspecified atom stereocenters. The van der Waals surface area contributed by atoms with Gasteiger partial charge in [0.2, 0.25) is 0 Å². The quantitative estimate of drug-likeness (QED) is 0.152. The Balaban J connectivity index is 1.25. The molecule has 6 heterocycles. The summed E-state index contributed by atoms with van der Waals surface area (Å²) in [6, 6.07) is 90.1. The van der Waals surface area contributed by atoms with Gasteiger partial charge in [0.25, 0.3) is 0 Å². The molecule has 98 heavy (non-hydrogen) atoms. The Bertz CT molecular complexity index is 6010. The molecule has 6 aromatic heterocycles. The van der Waals surface area contributed by atoms with Gasteiger partial charge in [0.15, 0.2) is 17.5 Å². The number of para-hydroxylation sites is 4. The van der Waals surface area contributed by atoms with Gasteiger partial charge in [-0.05, 0) is 134 Å². The Kier molecular flexibility index (Phi) is 13.7. The summed E-state index contributed by atoms with van der Waals surface area (Å²) in [6.45, 7) is 27.8. The Morgan fingerprint density at radius 1 is 0.224 bits per heavy atom. The Labute approximate surface area is 572 Å². The van der Waals surface area contributed by atoms with Gasteiger partial charge in [0, 0.05) is 72.2 Å². The van der Waals surface area contributed by atoms with Crippen LogP contribution in [0.2, 0.25) is 0 Å². The van der Waals surface area contributed by atoms with Crippen LogP contribution in [-0.2, 0) is 21.7 Å². The van der Waals surface area contributed by atoms with Gasteiger partial charge in [-0.15, -0.1) is 0 Å². The lowest BCUT2D eigenvalue weighted by atomic mass is 9.86. The molecule has 0 atom stereocenters. The molecule has 8 heteroatoms. The highest BCUT2D eigenvalue weighted by Gasteiger charge is 2.38. The van der Waals surface area contributed by atoms with E-state index in [4.69, 9.17) is 19.9 Å². The first-order valence-electron chi connectivity index (χ1n) is 34.4. The first-order chi connectivity index (χ1) is 47.2. The highest BCUT2D eigenvalue weighted by molar-refractivity contribution is 6.19. The number of pyridine rings is 1. The van der Waals surface area contributed by atoms with Crippen molar-refractivity contribution in [2.24, 2.45) is 0 Å². The minimum Gasteiger partial charge on any atom is -0.308 e. The van der Waals surface area contributed by atoms with Crippen molar-refractivity contribution in [2.75, 3.05) is 0 Å². The molecule has 0 aliphatic heterocycles.